The number of hydrogen-bond acceptors (Lipinski definition) is 3. The van der Waals surface area contributed by atoms with Crippen LogP contribution in [0.2, 0.25) is 0 Å². The molecule has 2 amide bonds. The lowest BCUT2D eigenvalue weighted by Crippen LogP contribution is -2.60. The second kappa shape index (κ2) is 6.60. The summed E-state index contributed by atoms with van der Waals surface area (Å²) in [5.41, 5.74) is 4.05. The van der Waals surface area contributed by atoms with Gasteiger partial charge in [0.1, 0.15) is 12.6 Å². The third kappa shape index (κ3) is 2.82. The Labute approximate surface area is 169 Å². The Bertz CT molecular complexity index is 1120. The predicted molar refractivity (Wildman–Crippen MR) is 110 cm³/mol. The summed E-state index contributed by atoms with van der Waals surface area (Å²) < 4.78 is 0.973. The van der Waals surface area contributed by atoms with Gasteiger partial charge in [0.05, 0.1) is 12.8 Å². The summed E-state index contributed by atoms with van der Waals surface area (Å²) in [6.07, 6.45) is 2.13. The lowest BCUT2D eigenvalue weighted by molar-refractivity contribution is -0.157. The van der Waals surface area contributed by atoms with E-state index in [1.165, 1.54) is 5.01 Å². The van der Waals surface area contributed by atoms with Crippen LogP contribution in [0, 0.1) is 0 Å². The van der Waals surface area contributed by atoms with Gasteiger partial charge in [0.25, 0.3) is 5.91 Å². The van der Waals surface area contributed by atoms with Gasteiger partial charge in [-0.05, 0) is 29.3 Å². The van der Waals surface area contributed by atoms with Gasteiger partial charge >= 0.3 is 0 Å². The van der Waals surface area contributed by atoms with Gasteiger partial charge in [-0.15, -0.1) is 0 Å². The smallest absolute Gasteiger partial charge is 0.266 e. The van der Waals surface area contributed by atoms with Gasteiger partial charge in [-0.1, -0.05) is 46.3 Å². The van der Waals surface area contributed by atoms with Crippen LogP contribution in [0.3, 0.4) is 0 Å². The molecule has 1 atom stereocenters. The fourth-order valence-electron chi connectivity index (χ4n) is 3.94. The van der Waals surface area contributed by atoms with Crippen molar-refractivity contribution in [3.8, 4) is 0 Å². The van der Waals surface area contributed by atoms with Crippen molar-refractivity contribution in [3.63, 3.8) is 0 Å². The first-order chi connectivity index (χ1) is 13.6. The number of carbonyl (C=O) groups is 2. The largest absolute Gasteiger partial charge is 0.357 e. The summed E-state index contributed by atoms with van der Waals surface area (Å²) in [5, 5.41) is 6.72. The molecular formula is C21H17BrN4O2. The molecule has 7 heteroatoms. The molecule has 3 heterocycles. The summed E-state index contributed by atoms with van der Waals surface area (Å²) in [6, 6.07) is 15.2. The third-order valence-electron chi connectivity index (χ3n) is 5.37. The van der Waals surface area contributed by atoms with E-state index in [0.29, 0.717) is 13.0 Å². The fraction of sp³-hybridized carbons (Fsp3) is 0.190. The molecule has 0 saturated carbocycles. The number of amides is 2. The van der Waals surface area contributed by atoms with Crippen LogP contribution in [0.4, 0.5) is 0 Å². The van der Waals surface area contributed by atoms with Gasteiger partial charge in [-0.3, -0.25) is 9.59 Å². The highest BCUT2D eigenvalue weighted by atomic mass is 79.9. The minimum Gasteiger partial charge on any atom is -0.357 e. The number of piperazine rings is 1. The molecule has 1 N–H and O–H groups in total. The molecule has 5 rings (SSSR count). The maximum absolute atomic E-state index is 13.0. The molecule has 0 unspecified atom stereocenters. The number of carbonyl (C=O) groups excluding carboxylic acids is 2. The molecule has 140 valence electrons. The van der Waals surface area contributed by atoms with Gasteiger partial charge in [-0.25, -0.2) is 5.01 Å². The molecule has 3 aromatic rings. The van der Waals surface area contributed by atoms with Crippen molar-refractivity contribution >= 4 is 44.9 Å². The van der Waals surface area contributed by atoms with Gasteiger partial charge in [-0.2, -0.15) is 5.10 Å². The predicted octanol–water partition coefficient (Wildman–Crippen LogP) is 3.06. The number of fused-ring (bicyclic) bond motifs is 4. The number of aromatic nitrogens is 1. The maximum Gasteiger partial charge on any atom is 0.266 e. The van der Waals surface area contributed by atoms with Crippen LogP contribution in [0.1, 0.15) is 16.8 Å². The average Bonchev–Trinajstić information content (AvgIpc) is 3.07. The van der Waals surface area contributed by atoms with Gasteiger partial charge in [0, 0.05) is 27.5 Å². The van der Waals surface area contributed by atoms with Crippen LogP contribution in [-0.4, -0.2) is 45.5 Å². The molecule has 6 nitrogen and oxygen atoms in total. The van der Waals surface area contributed by atoms with Crippen molar-refractivity contribution in [2.75, 3.05) is 6.54 Å². The van der Waals surface area contributed by atoms with E-state index >= 15 is 0 Å². The number of hydrogen-bond donors (Lipinski definition) is 1. The molecule has 0 aliphatic carbocycles. The molecule has 28 heavy (non-hydrogen) atoms. The van der Waals surface area contributed by atoms with Crippen LogP contribution >= 0.6 is 15.9 Å². The fourth-order valence-corrected chi connectivity index (χ4v) is 4.21. The van der Waals surface area contributed by atoms with Crippen molar-refractivity contribution in [1.29, 1.82) is 0 Å². The van der Waals surface area contributed by atoms with Crippen molar-refractivity contribution in [2.45, 2.75) is 19.0 Å². The van der Waals surface area contributed by atoms with Crippen LogP contribution in [0.25, 0.3) is 10.9 Å². The van der Waals surface area contributed by atoms with Gasteiger partial charge in [0.15, 0.2) is 0 Å². The first-order valence-electron chi connectivity index (χ1n) is 9.09. The van der Waals surface area contributed by atoms with Crippen molar-refractivity contribution in [1.82, 2.24) is 14.9 Å². The second-order valence-electron chi connectivity index (χ2n) is 7.06. The number of aromatic amines is 1. The number of nitrogens with one attached hydrogen (secondary N) is 1. The van der Waals surface area contributed by atoms with E-state index in [-0.39, 0.29) is 18.4 Å². The molecule has 1 aromatic heterocycles. The second-order valence-corrected chi connectivity index (χ2v) is 7.98. The molecular weight excluding hydrogens is 420 g/mol. The Morgan fingerprint density at radius 2 is 1.86 bits per heavy atom. The van der Waals surface area contributed by atoms with E-state index in [0.717, 1.165) is 32.2 Å². The molecule has 2 aromatic carbocycles. The number of para-hydroxylation sites is 1. The van der Waals surface area contributed by atoms with Crippen molar-refractivity contribution in [2.24, 2.45) is 5.10 Å². The minimum absolute atomic E-state index is 0.0298. The molecule has 2 aliphatic rings. The van der Waals surface area contributed by atoms with E-state index in [1.807, 2.05) is 42.5 Å². The SMILES string of the molecule is O=C1[C@H]2Cc3c([nH]c4ccccc34)CN2C(=O)CN1/N=C/c1ccc(Br)cc1. The highest BCUT2D eigenvalue weighted by Gasteiger charge is 2.43. The van der Waals surface area contributed by atoms with E-state index in [4.69, 9.17) is 0 Å². The quantitative estimate of drug-likeness (QED) is 0.627. The van der Waals surface area contributed by atoms with Crippen LogP contribution in [-0.2, 0) is 22.6 Å². The zero-order chi connectivity index (χ0) is 19.3. The standard InChI is InChI=1S/C21H17BrN4O2/c22-14-7-5-13(6-8-14)10-23-26-12-20(27)25-11-18-16(9-19(25)21(26)28)15-3-1-2-4-17(15)24-18/h1-8,10,19,24H,9,11-12H2/b23-10+/t19-/m1/s1. The third-order valence-corrected chi connectivity index (χ3v) is 5.89. The monoisotopic (exact) mass is 436 g/mol. The Balaban J connectivity index is 1.44. The first-order valence-corrected chi connectivity index (χ1v) is 9.88. The Hall–Kier alpha value is -2.93. The number of halogens is 1. The number of nitrogens with zero attached hydrogens (tertiary/aromatic N) is 3. The molecule has 0 bridgehead atoms. The van der Waals surface area contributed by atoms with Gasteiger partial charge < -0.3 is 9.88 Å². The zero-order valence-corrected chi connectivity index (χ0v) is 16.5. The first kappa shape index (κ1) is 17.2. The molecule has 0 spiro atoms. The number of H-pyrrole nitrogens is 1. The molecule has 0 radical (unpaired) electrons. The summed E-state index contributed by atoms with van der Waals surface area (Å²) >= 11 is 3.39. The Kier molecular flexibility index (Phi) is 4.05. The van der Waals surface area contributed by atoms with Crippen LogP contribution in [0.5, 0.6) is 0 Å². The maximum atomic E-state index is 13.0. The summed E-state index contributed by atoms with van der Waals surface area (Å²) in [6.45, 7) is 0.404. The summed E-state index contributed by atoms with van der Waals surface area (Å²) in [5.74, 6) is -0.217. The summed E-state index contributed by atoms with van der Waals surface area (Å²) in [4.78, 5) is 30.8. The van der Waals surface area contributed by atoms with Crippen LogP contribution < -0.4 is 0 Å². The molecule has 1 saturated heterocycles. The van der Waals surface area contributed by atoms with Crippen LogP contribution in [0.15, 0.2) is 58.1 Å². The van der Waals surface area contributed by atoms with E-state index in [1.54, 1.807) is 11.1 Å². The van der Waals surface area contributed by atoms with E-state index in [9.17, 15) is 9.59 Å². The number of benzene rings is 2. The average molecular weight is 437 g/mol. The minimum atomic E-state index is -0.505. The highest BCUT2D eigenvalue weighted by molar-refractivity contribution is 9.10. The summed E-state index contributed by atoms with van der Waals surface area (Å²) in [7, 11) is 0. The van der Waals surface area contributed by atoms with Crippen molar-refractivity contribution in [3.05, 3.63) is 69.8 Å². The van der Waals surface area contributed by atoms with Crippen molar-refractivity contribution < 1.29 is 9.59 Å². The lowest BCUT2D eigenvalue weighted by atomic mass is 9.94. The van der Waals surface area contributed by atoms with E-state index in [2.05, 4.69) is 32.1 Å². The lowest BCUT2D eigenvalue weighted by Gasteiger charge is -2.40. The van der Waals surface area contributed by atoms with Gasteiger partial charge in [0.2, 0.25) is 5.91 Å². The topological polar surface area (TPSA) is 68.8 Å². The Morgan fingerprint density at radius 1 is 1.07 bits per heavy atom. The molecule has 1 fully saturated rings. The Morgan fingerprint density at radius 3 is 2.68 bits per heavy atom. The zero-order valence-electron chi connectivity index (χ0n) is 14.9. The number of rotatable bonds is 2. The molecule has 2 aliphatic heterocycles. The van der Waals surface area contributed by atoms with E-state index < -0.39 is 6.04 Å². The normalized spacial score (nSPS) is 19.4. The number of hydrazone groups is 1. The highest BCUT2D eigenvalue weighted by Crippen LogP contribution is 2.32.